The summed E-state index contributed by atoms with van der Waals surface area (Å²) in [4.78, 5) is 16.5. The predicted octanol–water partition coefficient (Wildman–Crippen LogP) is 2.17. The molecular weight excluding hydrogens is 374 g/mol. The van der Waals surface area contributed by atoms with Crippen LogP contribution in [0.5, 0.6) is 0 Å². The van der Waals surface area contributed by atoms with Crippen LogP contribution in [-0.2, 0) is 17.6 Å². The summed E-state index contributed by atoms with van der Waals surface area (Å²) in [5.74, 6) is 2.14. The van der Waals surface area contributed by atoms with Crippen LogP contribution in [-0.4, -0.2) is 54.5 Å². The summed E-state index contributed by atoms with van der Waals surface area (Å²) in [6, 6.07) is 0. The molecule has 7 nitrogen and oxygen atoms in total. The number of hydrogen-bond donors (Lipinski definition) is 2. The highest BCUT2D eigenvalue weighted by Gasteiger charge is 2.30. The third-order valence-corrected chi connectivity index (χ3v) is 6.81. The van der Waals surface area contributed by atoms with Gasteiger partial charge in [0.2, 0.25) is 0 Å². The molecule has 1 aliphatic carbocycles. The number of anilines is 2. The molecule has 3 aromatic heterocycles. The number of H-pyrrole nitrogens is 1. The first-order valence-electron chi connectivity index (χ1n) is 10.2. The van der Waals surface area contributed by atoms with E-state index in [0.717, 1.165) is 55.2 Å². The molecule has 0 radical (unpaired) electrons. The Morgan fingerprint density at radius 3 is 2.82 bits per heavy atom. The monoisotopic (exact) mass is 400 g/mol. The van der Waals surface area contributed by atoms with Crippen molar-refractivity contribution in [1.29, 1.82) is 0 Å². The fraction of sp³-hybridized carbons (Fsp3) is 0.550. The fourth-order valence-corrected chi connectivity index (χ4v) is 5.52. The molecule has 8 heteroatoms. The van der Waals surface area contributed by atoms with Gasteiger partial charge in [-0.2, -0.15) is 0 Å². The van der Waals surface area contributed by atoms with Crippen molar-refractivity contribution in [2.24, 2.45) is 0 Å². The van der Waals surface area contributed by atoms with Gasteiger partial charge in [-0.15, -0.1) is 0 Å². The number of hydrogen-bond acceptors (Lipinski definition) is 7. The van der Waals surface area contributed by atoms with Gasteiger partial charge < -0.3 is 15.2 Å². The maximum atomic E-state index is 9.07. The summed E-state index contributed by atoms with van der Waals surface area (Å²) in [6.45, 7) is 4.34. The van der Waals surface area contributed by atoms with E-state index in [1.807, 2.05) is 0 Å². The van der Waals surface area contributed by atoms with Gasteiger partial charge in [0.1, 0.15) is 29.9 Å². The molecule has 0 atom stereocenters. The number of aliphatic hydroxyl groups excluding tert-OH is 1. The highest BCUT2D eigenvalue weighted by atomic mass is 32.1. The number of thiophene rings is 1. The number of morpholine rings is 1. The van der Waals surface area contributed by atoms with Crippen LogP contribution in [0.3, 0.4) is 0 Å². The van der Waals surface area contributed by atoms with E-state index in [2.05, 4.69) is 25.2 Å². The summed E-state index contributed by atoms with van der Waals surface area (Å²) >= 11 is 1.73. The van der Waals surface area contributed by atoms with Gasteiger partial charge in [-0.1, -0.05) is 11.3 Å². The van der Waals surface area contributed by atoms with Gasteiger partial charge in [0.05, 0.1) is 24.1 Å². The number of pyridine rings is 1. The number of nitrogens with one attached hydrogen (secondary N) is 2. The van der Waals surface area contributed by atoms with Gasteiger partial charge in [-0.05, 0) is 37.7 Å². The van der Waals surface area contributed by atoms with Crippen molar-refractivity contribution in [1.82, 2.24) is 9.97 Å². The predicted molar refractivity (Wildman–Crippen MR) is 111 cm³/mol. The van der Waals surface area contributed by atoms with Crippen LogP contribution in [0, 0.1) is 0 Å². The molecule has 1 saturated heterocycles. The van der Waals surface area contributed by atoms with E-state index < -0.39 is 0 Å². The number of aromatic amines is 1. The lowest BCUT2D eigenvalue weighted by Crippen LogP contribution is -2.40. The SMILES string of the molecule is OCCCNc1ncnc2c1sc1[nH+]c(N3CCOCC3)c3c(c12)CCCC3. The summed E-state index contributed by atoms with van der Waals surface area (Å²) < 4.78 is 6.66. The highest BCUT2D eigenvalue weighted by Crippen LogP contribution is 2.40. The molecule has 0 saturated carbocycles. The first kappa shape index (κ1) is 18.0. The Labute approximate surface area is 167 Å². The van der Waals surface area contributed by atoms with Crippen molar-refractivity contribution in [3.05, 3.63) is 17.5 Å². The van der Waals surface area contributed by atoms with Crippen LogP contribution < -0.4 is 15.2 Å². The highest BCUT2D eigenvalue weighted by molar-refractivity contribution is 7.25. The van der Waals surface area contributed by atoms with Crippen molar-refractivity contribution in [2.45, 2.75) is 32.1 Å². The number of rotatable bonds is 5. The van der Waals surface area contributed by atoms with E-state index in [0.29, 0.717) is 13.0 Å². The van der Waals surface area contributed by atoms with Crippen molar-refractivity contribution in [2.75, 3.05) is 49.7 Å². The minimum absolute atomic E-state index is 0.178. The van der Waals surface area contributed by atoms with E-state index >= 15 is 0 Å². The second kappa shape index (κ2) is 7.77. The number of aromatic nitrogens is 3. The number of aryl methyl sites for hydroxylation is 1. The molecule has 1 aliphatic heterocycles. The molecule has 28 heavy (non-hydrogen) atoms. The standard InChI is InChI=1S/C20H25N5O2S/c26-9-3-6-21-18-17-16(22-12-23-18)15-13-4-1-2-5-14(13)19(24-20(15)28-17)25-7-10-27-11-8-25/h12,26H,1-11H2,(H,21,22,23)/p+1. The largest absolute Gasteiger partial charge is 0.396 e. The lowest BCUT2D eigenvalue weighted by Gasteiger charge is -2.25. The van der Waals surface area contributed by atoms with E-state index in [1.165, 1.54) is 40.0 Å². The van der Waals surface area contributed by atoms with Gasteiger partial charge in [0, 0.05) is 18.7 Å². The average Bonchev–Trinajstić information content (AvgIpc) is 3.14. The van der Waals surface area contributed by atoms with Crippen molar-refractivity contribution in [3.8, 4) is 0 Å². The quantitative estimate of drug-likeness (QED) is 0.639. The van der Waals surface area contributed by atoms with Crippen LogP contribution in [0.25, 0.3) is 20.4 Å². The Bertz CT molecular complexity index is 999. The molecule has 3 N–H and O–H groups in total. The summed E-state index contributed by atoms with van der Waals surface area (Å²) in [5.41, 5.74) is 3.98. The summed E-state index contributed by atoms with van der Waals surface area (Å²) in [6.07, 6.45) is 7.08. The maximum Gasteiger partial charge on any atom is 0.279 e. The Morgan fingerprint density at radius 2 is 2.00 bits per heavy atom. The number of nitrogens with zero attached hydrogens (tertiary/aromatic N) is 3. The zero-order valence-electron chi connectivity index (χ0n) is 16.0. The van der Waals surface area contributed by atoms with Crippen LogP contribution in [0.2, 0.25) is 0 Å². The molecule has 0 spiro atoms. The van der Waals surface area contributed by atoms with E-state index in [4.69, 9.17) is 9.84 Å². The Kier molecular flexibility index (Phi) is 5.00. The number of fused-ring (bicyclic) bond motifs is 5. The molecule has 0 unspecified atom stereocenters. The Hall–Kier alpha value is -2.03. The van der Waals surface area contributed by atoms with Crippen LogP contribution in [0.1, 0.15) is 30.4 Å². The molecule has 1 fully saturated rings. The molecule has 3 aromatic rings. The van der Waals surface area contributed by atoms with Crippen LogP contribution in [0.4, 0.5) is 11.6 Å². The average molecular weight is 401 g/mol. The fourth-order valence-electron chi connectivity index (χ4n) is 4.37. The summed E-state index contributed by atoms with van der Waals surface area (Å²) in [7, 11) is 0. The molecule has 4 heterocycles. The minimum Gasteiger partial charge on any atom is -0.396 e. The third kappa shape index (κ3) is 3.09. The zero-order valence-corrected chi connectivity index (χ0v) is 16.8. The second-order valence-corrected chi connectivity index (χ2v) is 8.47. The number of ether oxygens (including phenoxy) is 1. The molecule has 5 rings (SSSR count). The van der Waals surface area contributed by atoms with Gasteiger partial charge >= 0.3 is 0 Å². The van der Waals surface area contributed by atoms with E-state index in [1.54, 1.807) is 17.7 Å². The molecule has 148 valence electrons. The van der Waals surface area contributed by atoms with Gasteiger partial charge in [-0.25, -0.2) is 15.0 Å². The van der Waals surface area contributed by atoms with Crippen molar-refractivity contribution < 1.29 is 14.8 Å². The zero-order chi connectivity index (χ0) is 18.9. The Morgan fingerprint density at radius 1 is 1.18 bits per heavy atom. The molecular formula is C20H26N5O2S+. The topological polar surface area (TPSA) is 84.7 Å². The van der Waals surface area contributed by atoms with Crippen LogP contribution in [0.15, 0.2) is 6.33 Å². The Balaban J connectivity index is 1.68. The normalized spacial score (nSPS) is 17.2. The lowest BCUT2D eigenvalue weighted by molar-refractivity contribution is -0.328. The van der Waals surface area contributed by atoms with Gasteiger partial charge in [-0.3, -0.25) is 4.90 Å². The summed E-state index contributed by atoms with van der Waals surface area (Å²) in [5, 5.41) is 13.7. The molecule has 0 amide bonds. The van der Waals surface area contributed by atoms with Gasteiger partial charge in [0.25, 0.3) is 5.82 Å². The van der Waals surface area contributed by atoms with Gasteiger partial charge in [0.15, 0.2) is 4.83 Å². The van der Waals surface area contributed by atoms with E-state index in [9.17, 15) is 0 Å². The molecule has 0 bridgehead atoms. The smallest absolute Gasteiger partial charge is 0.279 e. The lowest BCUT2D eigenvalue weighted by atomic mass is 9.90. The second-order valence-electron chi connectivity index (χ2n) is 7.45. The van der Waals surface area contributed by atoms with Crippen LogP contribution >= 0.6 is 11.3 Å². The molecule has 2 aliphatic rings. The third-order valence-electron chi connectivity index (χ3n) is 5.71. The minimum atomic E-state index is 0.178. The maximum absolute atomic E-state index is 9.07. The van der Waals surface area contributed by atoms with E-state index in [-0.39, 0.29) is 6.61 Å². The molecule has 0 aromatic carbocycles. The number of aliphatic hydroxyl groups is 1. The van der Waals surface area contributed by atoms with Crippen molar-refractivity contribution in [3.63, 3.8) is 0 Å². The first-order valence-corrected chi connectivity index (χ1v) is 11.0. The first-order chi connectivity index (χ1) is 13.9. The van der Waals surface area contributed by atoms with Crippen molar-refractivity contribution >= 4 is 43.4 Å².